The first-order valence-electron chi connectivity index (χ1n) is 10.1. The Morgan fingerprint density at radius 2 is 1.97 bits per heavy atom. The summed E-state index contributed by atoms with van der Waals surface area (Å²) in [6.45, 7) is 2.92. The molecule has 1 saturated heterocycles. The monoisotopic (exact) mass is 393 g/mol. The fourth-order valence-corrected chi connectivity index (χ4v) is 3.92. The summed E-state index contributed by atoms with van der Waals surface area (Å²) in [5.74, 6) is 0.247. The summed E-state index contributed by atoms with van der Waals surface area (Å²) >= 11 is 0. The van der Waals surface area contributed by atoms with Gasteiger partial charge in [-0.2, -0.15) is 0 Å². The molecule has 6 nitrogen and oxygen atoms in total. The molecule has 0 aliphatic carbocycles. The number of likely N-dealkylation sites (tertiary alicyclic amines) is 1. The van der Waals surface area contributed by atoms with Crippen LogP contribution in [0.25, 0.3) is 16.7 Å². The lowest BCUT2D eigenvalue weighted by Crippen LogP contribution is -2.29. The molecule has 1 fully saturated rings. The number of rotatable bonds is 6. The van der Waals surface area contributed by atoms with E-state index in [4.69, 9.17) is 9.47 Å². The summed E-state index contributed by atoms with van der Waals surface area (Å²) in [4.78, 5) is 19.1. The summed E-state index contributed by atoms with van der Waals surface area (Å²) in [6.07, 6.45) is 4.21. The minimum Gasteiger partial charge on any atom is -0.460 e. The van der Waals surface area contributed by atoms with Crippen molar-refractivity contribution in [1.29, 1.82) is 0 Å². The Morgan fingerprint density at radius 1 is 1.14 bits per heavy atom. The molecule has 0 bridgehead atoms. The molecule has 0 radical (unpaired) electrons. The minimum absolute atomic E-state index is 0.242. The smallest absolute Gasteiger partial charge is 0.338 e. The van der Waals surface area contributed by atoms with Crippen molar-refractivity contribution in [3.63, 3.8) is 0 Å². The van der Waals surface area contributed by atoms with Gasteiger partial charge in [0.2, 0.25) is 0 Å². The van der Waals surface area contributed by atoms with Crippen molar-refractivity contribution in [3.8, 4) is 5.69 Å². The van der Waals surface area contributed by atoms with E-state index >= 15 is 0 Å². The molecular formula is C23H27N3O3. The van der Waals surface area contributed by atoms with Crippen molar-refractivity contribution in [1.82, 2.24) is 14.5 Å². The van der Waals surface area contributed by atoms with Gasteiger partial charge in [0.25, 0.3) is 0 Å². The maximum atomic E-state index is 12.2. The third-order valence-electron chi connectivity index (χ3n) is 5.64. The van der Waals surface area contributed by atoms with E-state index in [0.29, 0.717) is 18.1 Å². The number of esters is 1. The number of carbonyl (C=O) groups is 1. The zero-order chi connectivity index (χ0) is 20.2. The molecule has 1 aromatic heterocycles. The number of carbonyl (C=O) groups excluding carboxylic acids is 1. The molecule has 4 rings (SSSR count). The maximum Gasteiger partial charge on any atom is 0.338 e. The molecule has 0 spiro atoms. The first-order valence-corrected chi connectivity index (χ1v) is 10.1. The lowest BCUT2D eigenvalue weighted by molar-refractivity contribution is 0.0388. The lowest BCUT2D eigenvalue weighted by Gasteiger charge is -2.29. The Balaban J connectivity index is 1.57. The SMILES string of the molecule is COCCOC(=O)c1ccc2c(c1)ncn2-c1cccc(C2CCN(C)CC2)c1. The number of ether oxygens (including phenoxy) is 2. The molecule has 1 aliphatic rings. The van der Waals surface area contributed by atoms with Gasteiger partial charge in [-0.05, 0) is 74.8 Å². The molecule has 6 heteroatoms. The normalized spacial score (nSPS) is 15.7. The quantitative estimate of drug-likeness (QED) is 0.473. The van der Waals surface area contributed by atoms with E-state index < -0.39 is 0 Å². The van der Waals surface area contributed by atoms with Crippen LogP contribution in [0.1, 0.15) is 34.7 Å². The highest BCUT2D eigenvalue weighted by molar-refractivity contribution is 5.94. The minimum atomic E-state index is -0.359. The largest absolute Gasteiger partial charge is 0.460 e. The first kappa shape index (κ1) is 19.6. The predicted octanol–water partition coefficient (Wildman–Crippen LogP) is 3.64. The van der Waals surface area contributed by atoms with E-state index in [0.717, 1.165) is 29.8 Å². The van der Waals surface area contributed by atoms with Crippen molar-refractivity contribution >= 4 is 17.0 Å². The molecule has 2 aromatic carbocycles. The Bertz CT molecular complexity index is 990. The van der Waals surface area contributed by atoms with Gasteiger partial charge in [0.1, 0.15) is 12.9 Å². The van der Waals surface area contributed by atoms with Crippen LogP contribution < -0.4 is 0 Å². The number of piperidine rings is 1. The average molecular weight is 393 g/mol. The van der Waals surface area contributed by atoms with Gasteiger partial charge >= 0.3 is 5.97 Å². The summed E-state index contributed by atoms with van der Waals surface area (Å²) in [6, 6.07) is 14.2. The van der Waals surface area contributed by atoms with Crippen LogP contribution >= 0.6 is 0 Å². The van der Waals surface area contributed by atoms with Gasteiger partial charge in [0.15, 0.2) is 0 Å². The number of fused-ring (bicyclic) bond motifs is 1. The van der Waals surface area contributed by atoms with Crippen LogP contribution in [0.4, 0.5) is 0 Å². The standard InChI is InChI=1S/C23H27N3O3/c1-25-10-8-17(9-11-25)18-4-3-5-20(14-18)26-16-24-21-15-19(6-7-22(21)26)23(27)29-13-12-28-2/h3-7,14-17H,8-13H2,1-2H3. The highest BCUT2D eigenvalue weighted by Gasteiger charge is 2.19. The van der Waals surface area contributed by atoms with Crippen LogP contribution in [0.3, 0.4) is 0 Å². The van der Waals surface area contributed by atoms with E-state index in [-0.39, 0.29) is 12.6 Å². The van der Waals surface area contributed by atoms with E-state index in [1.807, 2.05) is 12.4 Å². The molecule has 0 unspecified atom stereocenters. The molecular weight excluding hydrogens is 366 g/mol. The summed E-state index contributed by atoms with van der Waals surface area (Å²) in [5, 5.41) is 0. The number of methoxy groups -OCH3 is 1. The summed E-state index contributed by atoms with van der Waals surface area (Å²) < 4.78 is 12.2. The Labute approximate surface area is 171 Å². The number of hydrogen-bond donors (Lipinski definition) is 0. The van der Waals surface area contributed by atoms with Crippen LogP contribution in [0.2, 0.25) is 0 Å². The summed E-state index contributed by atoms with van der Waals surface area (Å²) in [5.41, 5.74) is 4.73. The Kier molecular flexibility index (Phi) is 5.92. The van der Waals surface area contributed by atoms with Gasteiger partial charge < -0.3 is 14.4 Å². The maximum absolute atomic E-state index is 12.2. The Hall–Kier alpha value is -2.70. The van der Waals surface area contributed by atoms with Crippen LogP contribution in [0.15, 0.2) is 48.8 Å². The van der Waals surface area contributed by atoms with Crippen molar-refractivity contribution < 1.29 is 14.3 Å². The molecule has 2 heterocycles. The molecule has 0 N–H and O–H groups in total. The van der Waals surface area contributed by atoms with Crippen LogP contribution in [-0.2, 0) is 9.47 Å². The second-order valence-electron chi connectivity index (χ2n) is 7.62. The van der Waals surface area contributed by atoms with E-state index in [9.17, 15) is 4.79 Å². The molecule has 0 amide bonds. The second kappa shape index (κ2) is 8.76. The number of nitrogens with zero attached hydrogens (tertiary/aromatic N) is 3. The predicted molar refractivity (Wildman–Crippen MR) is 113 cm³/mol. The average Bonchev–Trinajstić information content (AvgIpc) is 3.18. The van der Waals surface area contributed by atoms with Crippen molar-refractivity contribution in [2.24, 2.45) is 0 Å². The highest BCUT2D eigenvalue weighted by Crippen LogP contribution is 2.29. The van der Waals surface area contributed by atoms with E-state index in [1.165, 1.54) is 18.4 Å². The van der Waals surface area contributed by atoms with Crippen LogP contribution in [0, 0.1) is 0 Å². The van der Waals surface area contributed by atoms with Crippen molar-refractivity contribution in [3.05, 3.63) is 59.9 Å². The number of imidazole rings is 1. The second-order valence-corrected chi connectivity index (χ2v) is 7.62. The fourth-order valence-electron chi connectivity index (χ4n) is 3.92. The summed E-state index contributed by atoms with van der Waals surface area (Å²) in [7, 11) is 3.76. The van der Waals surface area contributed by atoms with E-state index in [1.54, 1.807) is 19.2 Å². The number of benzene rings is 2. The lowest BCUT2D eigenvalue weighted by atomic mass is 9.89. The molecule has 0 atom stereocenters. The zero-order valence-corrected chi connectivity index (χ0v) is 17.0. The molecule has 0 saturated carbocycles. The van der Waals surface area contributed by atoms with Gasteiger partial charge in [-0.15, -0.1) is 0 Å². The van der Waals surface area contributed by atoms with E-state index in [2.05, 4.69) is 45.8 Å². The van der Waals surface area contributed by atoms with Crippen molar-refractivity contribution in [2.75, 3.05) is 40.5 Å². The molecule has 152 valence electrons. The van der Waals surface area contributed by atoms with Gasteiger partial charge in [0.05, 0.1) is 23.2 Å². The molecule has 1 aliphatic heterocycles. The highest BCUT2D eigenvalue weighted by atomic mass is 16.6. The fraction of sp³-hybridized carbons (Fsp3) is 0.391. The van der Waals surface area contributed by atoms with Crippen LogP contribution in [0.5, 0.6) is 0 Å². The van der Waals surface area contributed by atoms with Gasteiger partial charge in [-0.1, -0.05) is 12.1 Å². The van der Waals surface area contributed by atoms with Crippen molar-refractivity contribution in [2.45, 2.75) is 18.8 Å². The first-order chi connectivity index (χ1) is 14.2. The van der Waals surface area contributed by atoms with Gasteiger partial charge in [0, 0.05) is 12.8 Å². The zero-order valence-electron chi connectivity index (χ0n) is 17.0. The third-order valence-corrected chi connectivity index (χ3v) is 5.64. The number of hydrogen-bond acceptors (Lipinski definition) is 5. The van der Waals surface area contributed by atoms with Gasteiger partial charge in [-0.25, -0.2) is 9.78 Å². The van der Waals surface area contributed by atoms with Crippen LogP contribution in [-0.4, -0.2) is 60.9 Å². The molecule has 3 aromatic rings. The Morgan fingerprint density at radius 3 is 2.76 bits per heavy atom. The third kappa shape index (κ3) is 4.33. The van der Waals surface area contributed by atoms with Gasteiger partial charge in [-0.3, -0.25) is 4.57 Å². The topological polar surface area (TPSA) is 56.6 Å². The molecule has 29 heavy (non-hydrogen) atoms. The number of aromatic nitrogens is 2.